The molecule has 0 spiro atoms. The lowest BCUT2D eigenvalue weighted by Crippen LogP contribution is -2.20. The van der Waals surface area contributed by atoms with Crippen LogP contribution in [-0.4, -0.2) is 13.0 Å². The molecule has 1 aromatic heterocycles. The monoisotopic (exact) mass is 440 g/mol. The number of aryl methyl sites for hydroxylation is 3. The van der Waals surface area contributed by atoms with Gasteiger partial charge >= 0.3 is 0 Å². The summed E-state index contributed by atoms with van der Waals surface area (Å²) in [5.74, 6) is -0.273. The molecule has 0 saturated carbocycles. The number of aromatic nitrogens is 1. The van der Waals surface area contributed by atoms with Gasteiger partial charge in [0.15, 0.2) is 0 Å². The number of rotatable bonds is 7. The smallest absolute Gasteiger partial charge is 0.254 e. The Hall–Kier alpha value is -3.19. The van der Waals surface area contributed by atoms with E-state index in [-0.39, 0.29) is 11.4 Å². The molecule has 0 bridgehead atoms. The molecule has 0 radical (unpaired) electrons. The number of pyridine rings is 1. The minimum Gasteiger partial charge on any atom is -0.318 e. The fourth-order valence-corrected chi connectivity index (χ4v) is 3.95. The van der Waals surface area contributed by atoms with Crippen molar-refractivity contribution in [1.29, 1.82) is 0 Å². The highest BCUT2D eigenvalue weighted by molar-refractivity contribution is 7.95. The molecule has 5 nitrogen and oxygen atoms in total. The fraction of sp³-hybridized carbons (Fsp3) is 0.208. The molecule has 0 aliphatic carbocycles. The molecular formula is C24H25FN2O3S. The number of sulfonamides is 1. The molecule has 3 aromatic rings. The summed E-state index contributed by atoms with van der Waals surface area (Å²) < 4.78 is 41.9. The van der Waals surface area contributed by atoms with Gasteiger partial charge in [0.25, 0.3) is 15.6 Å². The van der Waals surface area contributed by atoms with Crippen LogP contribution in [0.3, 0.4) is 0 Å². The van der Waals surface area contributed by atoms with Gasteiger partial charge in [-0.1, -0.05) is 31.7 Å². The van der Waals surface area contributed by atoms with Gasteiger partial charge < -0.3 is 4.57 Å². The van der Waals surface area contributed by atoms with Crippen molar-refractivity contribution in [2.24, 2.45) is 7.05 Å². The van der Waals surface area contributed by atoms with Crippen molar-refractivity contribution in [2.75, 3.05) is 4.72 Å². The zero-order valence-corrected chi connectivity index (χ0v) is 18.6. The van der Waals surface area contributed by atoms with Crippen LogP contribution in [0.1, 0.15) is 29.2 Å². The zero-order chi connectivity index (χ0) is 22.8. The second-order valence-electron chi connectivity index (χ2n) is 7.47. The minimum atomic E-state index is -3.67. The van der Waals surface area contributed by atoms with Crippen LogP contribution >= 0.6 is 0 Å². The van der Waals surface area contributed by atoms with E-state index in [1.165, 1.54) is 10.6 Å². The predicted molar refractivity (Wildman–Crippen MR) is 123 cm³/mol. The lowest BCUT2D eigenvalue weighted by Gasteiger charge is -2.15. The van der Waals surface area contributed by atoms with Crippen LogP contribution in [-0.2, 0) is 29.9 Å². The summed E-state index contributed by atoms with van der Waals surface area (Å²) in [5, 5.41) is 0.844. The van der Waals surface area contributed by atoms with E-state index < -0.39 is 10.0 Å². The minimum absolute atomic E-state index is 0.0723. The first-order valence-electron chi connectivity index (χ1n) is 9.86. The van der Waals surface area contributed by atoms with Gasteiger partial charge in [0.1, 0.15) is 5.82 Å². The number of hydrogen-bond donors (Lipinski definition) is 1. The maximum Gasteiger partial charge on any atom is 0.254 e. The summed E-state index contributed by atoms with van der Waals surface area (Å²) in [5.41, 5.74) is 4.75. The summed E-state index contributed by atoms with van der Waals surface area (Å²) in [7, 11) is -1.99. The summed E-state index contributed by atoms with van der Waals surface area (Å²) in [6.45, 7) is 6.94. The number of benzene rings is 2. The van der Waals surface area contributed by atoms with Crippen LogP contribution in [0.4, 0.5) is 10.1 Å². The molecule has 0 atom stereocenters. The second-order valence-corrected chi connectivity index (χ2v) is 9.10. The molecule has 0 unspecified atom stereocenters. The van der Waals surface area contributed by atoms with Gasteiger partial charge in [0.2, 0.25) is 0 Å². The van der Waals surface area contributed by atoms with E-state index in [4.69, 9.17) is 0 Å². The molecule has 3 rings (SSSR count). The quantitative estimate of drug-likeness (QED) is 0.587. The molecule has 31 heavy (non-hydrogen) atoms. The Morgan fingerprint density at radius 2 is 1.87 bits per heavy atom. The van der Waals surface area contributed by atoms with Crippen molar-refractivity contribution < 1.29 is 12.8 Å². The number of nitrogens with zero attached hydrogens (tertiary/aromatic N) is 1. The summed E-state index contributed by atoms with van der Waals surface area (Å²) in [6.07, 6.45) is 2.74. The Balaban J connectivity index is 2.16. The lowest BCUT2D eigenvalue weighted by atomic mass is 9.94. The molecule has 0 fully saturated rings. The summed E-state index contributed by atoms with van der Waals surface area (Å²) in [4.78, 5) is 12.3. The first-order valence-corrected chi connectivity index (χ1v) is 11.4. The van der Waals surface area contributed by atoms with E-state index in [0.29, 0.717) is 29.7 Å². The number of hydrogen-bond acceptors (Lipinski definition) is 3. The standard InChI is InChI=1S/C24H25FN2O3S/c1-5-18-13-20(15-27(4)24(18)28)22-14-21(26-31(29,30)6-2)10-9-19(22)11-17-8-7-16(3)23(25)12-17/h6-10,12-15,26H,2,5,11H2,1,3-4H3. The summed E-state index contributed by atoms with van der Waals surface area (Å²) >= 11 is 0. The molecular weight excluding hydrogens is 415 g/mol. The van der Waals surface area contributed by atoms with E-state index in [1.54, 1.807) is 38.4 Å². The van der Waals surface area contributed by atoms with Crippen molar-refractivity contribution in [2.45, 2.75) is 26.7 Å². The SMILES string of the molecule is C=CS(=O)(=O)Nc1ccc(Cc2ccc(C)c(F)c2)c(-c2cc(CC)c(=O)n(C)c2)c1. The molecule has 1 heterocycles. The third-order valence-electron chi connectivity index (χ3n) is 5.17. The van der Waals surface area contributed by atoms with E-state index in [1.807, 2.05) is 25.1 Å². The fourth-order valence-electron chi connectivity index (χ4n) is 3.42. The van der Waals surface area contributed by atoms with E-state index in [9.17, 15) is 17.6 Å². The van der Waals surface area contributed by atoms with Crippen LogP contribution in [0.15, 0.2) is 65.4 Å². The molecule has 0 aliphatic rings. The van der Waals surface area contributed by atoms with Crippen LogP contribution in [0, 0.1) is 12.7 Å². The lowest BCUT2D eigenvalue weighted by molar-refractivity contribution is 0.609. The van der Waals surface area contributed by atoms with Crippen LogP contribution < -0.4 is 10.3 Å². The zero-order valence-electron chi connectivity index (χ0n) is 17.8. The molecule has 7 heteroatoms. The average molecular weight is 441 g/mol. The first kappa shape index (κ1) is 22.5. The maximum atomic E-state index is 14.1. The third kappa shape index (κ3) is 5.11. The molecule has 0 saturated heterocycles. The van der Waals surface area contributed by atoms with Gasteiger partial charge in [0, 0.05) is 29.9 Å². The van der Waals surface area contributed by atoms with Crippen LogP contribution in [0.25, 0.3) is 11.1 Å². The van der Waals surface area contributed by atoms with Gasteiger partial charge in [-0.3, -0.25) is 9.52 Å². The van der Waals surface area contributed by atoms with Crippen molar-refractivity contribution in [1.82, 2.24) is 4.57 Å². The predicted octanol–water partition coefficient (Wildman–Crippen LogP) is 4.54. The number of halogens is 1. The normalized spacial score (nSPS) is 11.4. The Labute approximate surface area is 181 Å². The van der Waals surface area contributed by atoms with Crippen molar-refractivity contribution in [3.05, 3.63) is 99.1 Å². The van der Waals surface area contributed by atoms with Gasteiger partial charge in [-0.05, 0) is 71.8 Å². The number of nitrogens with one attached hydrogen (secondary N) is 1. The van der Waals surface area contributed by atoms with Crippen molar-refractivity contribution in [3.63, 3.8) is 0 Å². The molecule has 2 aromatic carbocycles. The van der Waals surface area contributed by atoms with E-state index in [2.05, 4.69) is 11.3 Å². The molecule has 0 aliphatic heterocycles. The van der Waals surface area contributed by atoms with E-state index in [0.717, 1.165) is 27.7 Å². The topological polar surface area (TPSA) is 68.2 Å². The van der Waals surface area contributed by atoms with Crippen LogP contribution in [0.5, 0.6) is 0 Å². The molecule has 1 N–H and O–H groups in total. The van der Waals surface area contributed by atoms with Gasteiger partial charge in [-0.2, -0.15) is 0 Å². The van der Waals surface area contributed by atoms with Crippen LogP contribution in [0.2, 0.25) is 0 Å². The largest absolute Gasteiger partial charge is 0.318 e. The number of anilines is 1. The van der Waals surface area contributed by atoms with Gasteiger partial charge in [-0.15, -0.1) is 0 Å². The Morgan fingerprint density at radius 1 is 1.13 bits per heavy atom. The molecule has 162 valence electrons. The second kappa shape index (κ2) is 8.89. The molecule has 0 amide bonds. The Morgan fingerprint density at radius 3 is 2.52 bits per heavy atom. The van der Waals surface area contributed by atoms with Crippen molar-refractivity contribution >= 4 is 15.7 Å². The average Bonchev–Trinajstić information content (AvgIpc) is 2.73. The highest BCUT2D eigenvalue weighted by Gasteiger charge is 2.13. The highest BCUT2D eigenvalue weighted by Crippen LogP contribution is 2.30. The van der Waals surface area contributed by atoms with Gasteiger partial charge in [-0.25, -0.2) is 12.8 Å². The summed E-state index contributed by atoms with van der Waals surface area (Å²) in [6, 6.07) is 12.1. The van der Waals surface area contributed by atoms with Gasteiger partial charge in [0.05, 0.1) is 0 Å². The Kier molecular flexibility index (Phi) is 6.45. The third-order valence-corrected chi connectivity index (χ3v) is 6.13. The highest BCUT2D eigenvalue weighted by atomic mass is 32.2. The maximum absolute atomic E-state index is 14.1. The first-order chi connectivity index (χ1) is 14.6. The van der Waals surface area contributed by atoms with E-state index >= 15 is 0 Å². The Bertz CT molecular complexity index is 1310. The van der Waals surface area contributed by atoms with Crippen molar-refractivity contribution in [3.8, 4) is 11.1 Å².